The first-order valence-corrected chi connectivity index (χ1v) is 3.46. The standard InChI is InChI=1S/C9H9FO/c1-7(9(10)11)8-5-3-2-4-6-8/h2-7H,1H3. The molecule has 0 aliphatic heterocycles. The molecule has 1 rings (SSSR count). The molecule has 1 aromatic carbocycles. The zero-order chi connectivity index (χ0) is 8.27. The molecule has 1 nitrogen and oxygen atoms in total. The van der Waals surface area contributed by atoms with Gasteiger partial charge in [-0.1, -0.05) is 30.3 Å². The lowest BCUT2D eigenvalue weighted by molar-refractivity contribution is -0.130. The molecule has 0 amide bonds. The van der Waals surface area contributed by atoms with Gasteiger partial charge < -0.3 is 0 Å². The van der Waals surface area contributed by atoms with Crippen LogP contribution < -0.4 is 0 Å². The molecule has 2 heteroatoms. The van der Waals surface area contributed by atoms with Crippen LogP contribution in [-0.4, -0.2) is 6.04 Å². The molecule has 0 fully saturated rings. The molecule has 0 aliphatic rings. The smallest absolute Gasteiger partial charge is 0.260 e. The average molecular weight is 152 g/mol. The highest BCUT2D eigenvalue weighted by Crippen LogP contribution is 2.15. The number of halogens is 1. The largest absolute Gasteiger partial charge is 0.308 e. The van der Waals surface area contributed by atoms with Gasteiger partial charge in [0.15, 0.2) is 0 Å². The highest BCUT2D eigenvalue weighted by molar-refractivity contribution is 5.76. The normalized spacial score (nSPS) is 12.5. The number of hydrogen-bond donors (Lipinski definition) is 0. The molecule has 1 unspecified atom stereocenters. The van der Waals surface area contributed by atoms with E-state index in [2.05, 4.69) is 0 Å². The van der Waals surface area contributed by atoms with Crippen LogP contribution in [0.1, 0.15) is 18.4 Å². The summed E-state index contributed by atoms with van der Waals surface area (Å²) in [6.07, 6.45) is 0. The van der Waals surface area contributed by atoms with Crippen molar-refractivity contribution in [3.8, 4) is 0 Å². The summed E-state index contributed by atoms with van der Waals surface area (Å²) in [5.74, 6) is -0.629. The van der Waals surface area contributed by atoms with Crippen molar-refractivity contribution < 1.29 is 9.18 Å². The SMILES string of the molecule is CC(C(=O)F)c1ccccc1. The summed E-state index contributed by atoms with van der Waals surface area (Å²) in [7, 11) is 0. The van der Waals surface area contributed by atoms with E-state index >= 15 is 0 Å². The van der Waals surface area contributed by atoms with Crippen molar-refractivity contribution in [2.45, 2.75) is 12.8 Å². The second-order valence-corrected chi connectivity index (χ2v) is 2.44. The maximum absolute atomic E-state index is 12.1. The van der Waals surface area contributed by atoms with Gasteiger partial charge in [-0.15, -0.1) is 0 Å². The lowest BCUT2D eigenvalue weighted by Gasteiger charge is -2.03. The van der Waals surface area contributed by atoms with Gasteiger partial charge in [0.25, 0.3) is 0 Å². The molecular formula is C9H9FO. The van der Waals surface area contributed by atoms with Crippen LogP contribution in [0.3, 0.4) is 0 Å². The van der Waals surface area contributed by atoms with Crippen molar-refractivity contribution in [2.75, 3.05) is 0 Å². The minimum absolute atomic E-state index is 0.629. The van der Waals surface area contributed by atoms with Crippen LogP contribution in [0, 0.1) is 0 Å². The van der Waals surface area contributed by atoms with Crippen LogP contribution in [0.15, 0.2) is 30.3 Å². The van der Waals surface area contributed by atoms with Gasteiger partial charge in [-0.05, 0) is 12.5 Å². The van der Waals surface area contributed by atoms with E-state index in [9.17, 15) is 9.18 Å². The van der Waals surface area contributed by atoms with Crippen molar-refractivity contribution in [3.05, 3.63) is 35.9 Å². The van der Waals surface area contributed by atoms with Crippen molar-refractivity contribution in [3.63, 3.8) is 0 Å². The van der Waals surface area contributed by atoms with Gasteiger partial charge in [-0.2, -0.15) is 4.39 Å². The lowest BCUT2D eigenvalue weighted by Crippen LogP contribution is -2.01. The van der Waals surface area contributed by atoms with Crippen LogP contribution in [0.5, 0.6) is 0 Å². The first-order chi connectivity index (χ1) is 5.22. The Balaban J connectivity index is 2.85. The summed E-state index contributed by atoms with van der Waals surface area (Å²) in [4.78, 5) is 10.3. The maximum atomic E-state index is 12.1. The summed E-state index contributed by atoms with van der Waals surface area (Å²) in [6.45, 7) is 1.55. The molecule has 0 aromatic heterocycles. The van der Waals surface area contributed by atoms with Gasteiger partial charge in [0.05, 0.1) is 5.92 Å². The maximum Gasteiger partial charge on any atom is 0.308 e. The van der Waals surface area contributed by atoms with E-state index in [0.717, 1.165) is 5.56 Å². The number of carbonyl (C=O) groups is 1. The molecule has 0 heterocycles. The number of hydrogen-bond acceptors (Lipinski definition) is 1. The Morgan fingerprint density at radius 2 is 1.91 bits per heavy atom. The predicted molar refractivity (Wildman–Crippen MR) is 41.0 cm³/mol. The van der Waals surface area contributed by atoms with E-state index in [1.807, 2.05) is 6.07 Å². The summed E-state index contributed by atoms with van der Waals surface area (Å²) in [6, 6.07) is 7.60. The van der Waals surface area contributed by atoms with E-state index < -0.39 is 12.0 Å². The zero-order valence-corrected chi connectivity index (χ0v) is 6.25. The number of benzene rings is 1. The minimum Gasteiger partial charge on any atom is -0.260 e. The third kappa shape index (κ3) is 1.87. The van der Waals surface area contributed by atoms with Gasteiger partial charge in [0.1, 0.15) is 0 Å². The van der Waals surface area contributed by atoms with Crippen molar-refractivity contribution in [1.29, 1.82) is 0 Å². The molecule has 1 aromatic rings. The number of carbonyl (C=O) groups excluding carboxylic acids is 1. The molecule has 58 valence electrons. The number of rotatable bonds is 2. The second kappa shape index (κ2) is 3.28. The minimum atomic E-state index is -1.28. The average Bonchev–Trinajstić information content (AvgIpc) is 2.05. The molecule has 0 saturated carbocycles. The highest BCUT2D eigenvalue weighted by Gasteiger charge is 2.12. The van der Waals surface area contributed by atoms with Crippen LogP contribution in [0.4, 0.5) is 4.39 Å². The lowest BCUT2D eigenvalue weighted by atomic mass is 10.0. The van der Waals surface area contributed by atoms with Crippen molar-refractivity contribution in [1.82, 2.24) is 0 Å². The Morgan fingerprint density at radius 1 is 1.36 bits per heavy atom. The Bertz CT molecular complexity index is 243. The molecule has 0 saturated heterocycles. The first-order valence-electron chi connectivity index (χ1n) is 3.46. The molecule has 0 radical (unpaired) electrons. The third-order valence-corrected chi connectivity index (χ3v) is 1.64. The Morgan fingerprint density at radius 3 is 2.36 bits per heavy atom. The van der Waals surface area contributed by atoms with Gasteiger partial charge in [0, 0.05) is 0 Å². The van der Waals surface area contributed by atoms with Crippen LogP contribution in [0.25, 0.3) is 0 Å². The van der Waals surface area contributed by atoms with Gasteiger partial charge in [-0.25, -0.2) is 0 Å². The Labute approximate surface area is 64.9 Å². The van der Waals surface area contributed by atoms with Crippen LogP contribution in [-0.2, 0) is 4.79 Å². The molecule has 0 bridgehead atoms. The van der Waals surface area contributed by atoms with E-state index in [1.165, 1.54) is 0 Å². The molecule has 11 heavy (non-hydrogen) atoms. The van der Waals surface area contributed by atoms with Crippen LogP contribution >= 0.6 is 0 Å². The van der Waals surface area contributed by atoms with Crippen molar-refractivity contribution >= 4 is 6.04 Å². The van der Waals surface area contributed by atoms with E-state index in [0.29, 0.717) is 0 Å². The highest BCUT2D eigenvalue weighted by atomic mass is 19.1. The molecule has 1 atom stereocenters. The monoisotopic (exact) mass is 152 g/mol. The third-order valence-electron chi connectivity index (χ3n) is 1.64. The topological polar surface area (TPSA) is 17.1 Å². The van der Waals surface area contributed by atoms with E-state index in [4.69, 9.17) is 0 Å². The van der Waals surface area contributed by atoms with E-state index in [-0.39, 0.29) is 0 Å². The van der Waals surface area contributed by atoms with Crippen LogP contribution in [0.2, 0.25) is 0 Å². The summed E-state index contributed by atoms with van der Waals surface area (Å²) in [5, 5.41) is 0. The zero-order valence-electron chi connectivity index (χ0n) is 6.25. The van der Waals surface area contributed by atoms with Gasteiger partial charge in [-0.3, -0.25) is 4.79 Å². The summed E-state index contributed by atoms with van der Waals surface area (Å²) in [5.41, 5.74) is 0.722. The fourth-order valence-electron chi connectivity index (χ4n) is 0.873. The predicted octanol–water partition coefficient (Wildman–Crippen LogP) is 2.29. The fourth-order valence-corrected chi connectivity index (χ4v) is 0.873. The van der Waals surface area contributed by atoms with Gasteiger partial charge >= 0.3 is 6.04 Å². The Hall–Kier alpha value is -1.18. The Kier molecular flexibility index (Phi) is 2.36. The quantitative estimate of drug-likeness (QED) is 0.594. The molecule has 0 spiro atoms. The van der Waals surface area contributed by atoms with Gasteiger partial charge in [0.2, 0.25) is 0 Å². The van der Waals surface area contributed by atoms with E-state index in [1.54, 1.807) is 31.2 Å². The molecular weight excluding hydrogens is 143 g/mol. The first kappa shape index (κ1) is 7.92. The fraction of sp³-hybridized carbons (Fsp3) is 0.222. The molecule has 0 N–H and O–H groups in total. The summed E-state index contributed by atoms with van der Waals surface area (Å²) >= 11 is 0. The van der Waals surface area contributed by atoms with Crippen molar-refractivity contribution in [2.24, 2.45) is 0 Å². The second-order valence-electron chi connectivity index (χ2n) is 2.44. The summed E-state index contributed by atoms with van der Waals surface area (Å²) < 4.78 is 12.1. The molecule has 0 aliphatic carbocycles.